The van der Waals surface area contributed by atoms with E-state index in [2.05, 4.69) is 39.9 Å². The number of hydrogen-bond donors (Lipinski definition) is 1. The van der Waals surface area contributed by atoms with Crippen molar-refractivity contribution in [1.82, 2.24) is 5.32 Å². The van der Waals surface area contributed by atoms with E-state index in [-0.39, 0.29) is 0 Å². The number of hydrogen-bond acceptors (Lipinski definition) is 2. The Hall–Kier alpha value is -0.0800. The Labute approximate surface area is 102 Å². The van der Waals surface area contributed by atoms with Gasteiger partial charge in [0.05, 0.1) is 0 Å². The van der Waals surface area contributed by atoms with Gasteiger partial charge in [-0.3, -0.25) is 0 Å². The molecule has 0 aromatic heterocycles. The molecule has 0 aliphatic heterocycles. The van der Waals surface area contributed by atoms with Crippen LogP contribution in [0.2, 0.25) is 0 Å². The Morgan fingerprint density at radius 1 is 1.06 bits per heavy atom. The molecule has 1 unspecified atom stereocenters. The van der Waals surface area contributed by atoms with E-state index < -0.39 is 0 Å². The second-order valence-corrected chi connectivity index (χ2v) is 5.75. The first-order valence-corrected chi connectivity index (χ1v) is 6.80. The van der Waals surface area contributed by atoms with Crippen LogP contribution in [-0.4, -0.2) is 25.8 Å². The number of ether oxygens (including phenoxy) is 1. The molecule has 0 aromatic carbocycles. The van der Waals surface area contributed by atoms with Crippen molar-refractivity contribution in [1.29, 1.82) is 0 Å². The van der Waals surface area contributed by atoms with Crippen LogP contribution in [0.25, 0.3) is 0 Å². The van der Waals surface area contributed by atoms with Crippen LogP contribution in [0, 0.1) is 5.41 Å². The van der Waals surface area contributed by atoms with Crippen molar-refractivity contribution in [2.45, 2.75) is 66.3 Å². The molecule has 0 saturated carbocycles. The van der Waals surface area contributed by atoms with Gasteiger partial charge in [-0.15, -0.1) is 0 Å². The highest BCUT2D eigenvalue weighted by molar-refractivity contribution is 4.71. The summed E-state index contributed by atoms with van der Waals surface area (Å²) in [4.78, 5) is 0. The normalized spacial score (nSPS) is 14.1. The molecule has 1 N–H and O–H groups in total. The molecule has 0 bridgehead atoms. The minimum absolute atomic E-state index is 0.442. The van der Waals surface area contributed by atoms with E-state index in [4.69, 9.17) is 4.74 Å². The maximum atomic E-state index is 5.55. The quantitative estimate of drug-likeness (QED) is 0.610. The molecule has 0 saturated heterocycles. The molecule has 2 nitrogen and oxygen atoms in total. The maximum absolute atomic E-state index is 5.55. The summed E-state index contributed by atoms with van der Waals surface area (Å²) in [6.45, 7) is 14.1. The molecule has 98 valence electrons. The standard InChI is InChI=1S/C14H31NO/c1-6-11-16-12-9-13(15-7-2)8-10-14(3,4)5/h13,15H,6-12H2,1-5H3. The summed E-state index contributed by atoms with van der Waals surface area (Å²) < 4.78 is 5.55. The van der Waals surface area contributed by atoms with Gasteiger partial charge in [-0.05, 0) is 37.6 Å². The van der Waals surface area contributed by atoms with E-state index in [1.165, 1.54) is 12.8 Å². The summed E-state index contributed by atoms with van der Waals surface area (Å²) >= 11 is 0. The molecule has 0 aliphatic rings. The van der Waals surface area contributed by atoms with Gasteiger partial charge in [0.1, 0.15) is 0 Å². The Morgan fingerprint density at radius 2 is 1.75 bits per heavy atom. The molecule has 0 aromatic rings. The highest BCUT2D eigenvalue weighted by Gasteiger charge is 2.14. The molecule has 2 heteroatoms. The van der Waals surface area contributed by atoms with Gasteiger partial charge in [-0.25, -0.2) is 0 Å². The van der Waals surface area contributed by atoms with Crippen molar-refractivity contribution in [3.63, 3.8) is 0 Å². The Morgan fingerprint density at radius 3 is 2.25 bits per heavy atom. The third-order valence-electron chi connectivity index (χ3n) is 2.69. The summed E-state index contributed by atoms with van der Waals surface area (Å²) in [6.07, 6.45) is 4.79. The van der Waals surface area contributed by atoms with Crippen LogP contribution in [-0.2, 0) is 4.74 Å². The van der Waals surface area contributed by atoms with Gasteiger partial charge in [0.15, 0.2) is 0 Å². The molecule has 16 heavy (non-hydrogen) atoms. The van der Waals surface area contributed by atoms with E-state index >= 15 is 0 Å². The fraction of sp³-hybridized carbons (Fsp3) is 1.00. The van der Waals surface area contributed by atoms with Crippen LogP contribution in [0.1, 0.15) is 60.3 Å². The van der Waals surface area contributed by atoms with E-state index in [0.29, 0.717) is 11.5 Å². The lowest BCUT2D eigenvalue weighted by molar-refractivity contribution is 0.122. The molecule has 0 heterocycles. The van der Waals surface area contributed by atoms with Crippen LogP contribution in [0.5, 0.6) is 0 Å². The van der Waals surface area contributed by atoms with Crippen molar-refractivity contribution >= 4 is 0 Å². The molecule has 0 fully saturated rings. The van der Waals surface area contributed by atoms with Gasteiger partial charge < -0.3 is 10.1 Å². The lowest BCUT2D eigenvalue weighted by atomic mass is 9.88. The monoisotopic (exact) mass is 229 g/mol. The van der Waals surface area contributed by atoms with E-state index in [1.807, 2.05) is 0 Å². The van der Waals surface area contributed by atoms with Gasteiger partial charge >= 0.3 is 0 Å². The van der Waals surface area contributed by atoms with Crippen molar-refractivity contribution in [3.05, 3.63) is 0 Å². The van der Waals surface area contributed by atoms with Crippen molar-refractivity contribution in [3.8, 4) is 0 Å². The second kappa shape index (κ2) is 9.00. The fourth-order valence-electron chi connectivity index (χ4n) is 1.72. The van der Waals surface area contributed by atoms with Crippen LogP contribution < -0.4 is 5.32 Å². The zero-order valence-electron chi connectivity index (χ0n) is 11.9. The van der Waals surface area contributed by atoms with Gasteiger partial charge in [-0.1, -0.05) is 34.6 Å². The lowest BCUT2D eigenvalue weighted by Crippen LogP contribution is -2.31. The minimum atomic E-state index is 0.442. The first-order chi connectivity index (χ1) is 7.49. The highest BCUT2D eigenvalue weighted by Crippen LogP contribution is 2.22. The minimum Gasteiger partial charge on any atom is -0.381 e. The number of rotatable bonds is 9. The summed E-state index contributed by atoms with van der Waals surface area (Å²) in [7, 11) is 0. The predicted octanol–water partition coefficient (Wildman–Crippen LogP) is 3.61. The van der Waals surface area contributed by atoms with E-state index in [9.17, 15) is 0 Å². The van der Waals surface area contributed by atoms with Crippen molar-refractivity contribution in [2.75, 3.05) is 19.8 Å². The average Bonchev–Trinajstić information content (AvgIpc) is 2.19. The first kappa shape index (κ1) is 15.9. The van der Waals surface area contributed by atoms with Gasteiger partial charge in [-0.2, -0.15) is 0 Å². The molecule has 0 amide bonds. The molecular weight excluding hydrogens is 198 g/mol. The van der Waals surface area contributed by atoms with Crippen LogP contribution in [0.3, 0.4) is 0 Å². The Bertz CT molecular complexity index is 151. The molecule has 0 spiro atoms. The van der Waals surface area contributed by atoms with Crippen molar-refractivity contribution in [2.24, 2.45) is 5.41 Å². The van der Waals surface area contributed by atoms with Crippen LogP contribution in [0.4, 0.5) is 0 Å². The SMILES string of the molecule is CCCOCCC(CCC(C)(C)C)NCC. The largest absolute Gasteiger partial charge is 0.381 e. The summed E-state index contributed by atoms with van der Waals surface area (Å²) in [5.74, 6) is 0. The van der Waals surface area contributed by atoms with Crippen LogP contribution in [0.15, 0.2) is 0 Å². The fourth-order valence-corrected chi connectivity index (χ4v) is 1.72. The van der Waals surface area contributed by atoms with E-state index in [0.717, 1.165) is 32.6 Å². The smallest absolute Gasteiger partial charge is 0.0480 e. The molecule has 0 aliphatic carbocycles. The average molecular weight is 229 g/mol. The molecule has 1 atom stereocenters. The van der Waals surface area contributed by atoms with Gasteiger partial charge in [0.25, 0.3) is 0 Å². The second-order valence-electron chi connectivity index (χ2n) is 5.75. The number of nitrogens with one attached hydrogen (secondary N) is 1. The highest BCUT2D eigenvalue weighted by atomic mass is 16.5. The molecule has 0 rings (SSSR count). The van der Waals surface area contributed by atoms with E-state index in [1.54, 1.807) is 0 Å². The summed E-state index contributed by atoms with van der Waals surface area (Å²) in [5.41, 5.74) is 0.442. The lowest BCUT2D eigenvalue weighted by Gasteiger charge is -2.23. The van der Waals surface area contributed by atoms with Crippen LogP contribution >= 0.6 is 0 Å². The predicted molar refractivity (Wildman–Crippen MR) is 71.9 cm³/mol. The van der Waals surface area contributed by atoms with Crippen molar-refractivity contribution < 1.29 is 4.74 Å². The maximum Gasteiger partial charge on any atom is 0.0480 e. The summed E-state index contributed by atoms with van der Waals surface area (Å²) in [6, 6.07) is 0.626. The third kappa shape index (κ3) is 10.4. The molecular formula is C14H31NO. The zero-order chi connectivity index (χ0) is 12.4. The Kier molecular flexibility index (Phi) is 8.96. The molecule has 0 radical (unpaired) electrons. The van der Waals surface area contributed by atoms with Gasteiger partial charge in [0, 0.05) is 19.3 Å². The van der Waals surface area contributed by atoms with Gasteiger partial charge in [0.2, 0.25) is 0 Å². The zero-order valence-corrected chi connectivity index (χ0v) is 11.9. The Balaban J connectivity index is 3.70. The first-order valence-electron chi connectivity index (χ1n) is 6.80. The topological polar surface area (TPSA) is 21.3 Å². The third-order valence-corrected chi connectivity index (χ3v) is 2.69. The summed E-state index contributed by atoms with van der Waals surface area (Å²) in [5, 5.41) is 3.55.